The van der Waals surface area contributed by atoms with E-state index in [1.165, 1.54) is 4.44 Å². The van der Waals surface area contributed by atoms with Crippen LogP contribution in [0, 0.1) is 0 Å². The molecular weight excluding hydrogens is 365 g/mol. The number of aldehydes is 2. The summed E-state index contributed by atoms with van der Waals surface area (Å²) in [4.78, 5) is 18.0. The van der Waals surface area contributed by atoms with Crippen LogP contribution >= 0.6 is 24.4 Å². The molecule has 0 unspecified atom stereocenters. The van der Waals surface area contributed by atoms with Gasteiger partial charge in [0.1, 0.15) is 0 Å². The Morgan fingerprint density at radius 2 is 1.65 bits per heavy atom. The van der Waals surface area contributed by atoms with Crippen LogP contribution in [0.5, 0.6) is 0 Å². The molecular formula is C10H19NO3S2Sn. The van der Waals surface area contributed by atoms with Crippen molar-refractivity contribution in [2.45, 2.75) is 18.3 Å². The van der Waals surface area contributed by atoms with Gasteiger partial charge >= 0.3 is 67.4 Å². The zero-order chi connectivity index (χ0) is 13.8. The zero-order valence-corrected chi connectivity index (χ0v) is 14.7. The molecule has 0 saturated carbocycles. The third kappa shape index (κ3) is 48.5. The van der Waals surface area contributed by atoms with Crippen LogP contribution in [-0.4, -0.2) is 62.3 Å². The third-order valence-electron chi connectivity index (χ3n) is 1.02. The summed E-state index contributed by atoms with van der Waals surface area (Å²) in [5.41, 5.74) is 0. The molecule has 0 aliphatic heterocycles. The van der Waals surface area contributed by atoms with Gasteiger partial charge in [-0.3, -0.25) is 9.59 Å². The van der Waals surface area contributed by atoms with Crippen molar-refractivity contribution >= 4 is 68.9 Å². The van der Waals surface area contributed by atoms with Crippen LogP contribution in [0.15, 0.2) is 0 Å². The summed E-state index contributed by atoms with van der Waals surface area (Å²) in [6, 6.07) is 0. The van der Waals surface area contributed by atoms with Gasteiger partial charge in [0.15, 0.2) is 12.6 Å². The number of hydrogen-bond donors (Lipinski definition) is 1. The molecule has 0 fully saturated rings. The van der Waals surface area contributed by atoms with Gasteiger partial charge in [-0.1, -0.05) is 24.4 Å². The van der Waals surface area contributed by atoms with Crippen LogP contribution < -0.4 is 5.32 Å². The van der Waals surface area contributed by atoms with Crippen molar-refractivity contribution in [1.82, 2.24) is 5.32 Å². The average molecular weight is 384 g/mol. The molecule has 0 aromatic heterocycles. The van der Waals surface area contributed by atoms with Crippen molar-refractivity contribution in [3.8, 4) is 0 Å². The molecule has 0 amide bonds. The minimum absolute atomic E-state index is 0.102. The van der Waals surface area contributed by atoms with Gasteiger partial charge in [-0.15, -0.1) is 0 Å². The van der Waals surface area contributed by atoms with Gasteiger partial charge in [0, 0.05) is 10.7 Å². The van der Waals surface area contributed by atoms with E-state index in [9.17, 15) is 0 Å². The molecule has 98 valence electrons. The van der Waals surface area contributed by atoms with Gasteiger partial charge in [-0.2, -0.15) is 0 Å². The summed E-state index contributed by atoms with van der Waals surface area (Å²) >= 11 is 8.02. The number of thiocarbonyl (C=S) groups is 2. The van der Waals surface area contributed by atoms with E-state index in [-0.39, 0.29) is 21.1 Å². The SMILES string of the molecule is CCNCO[CH2][Sn][CH2]C.O=CC=S.O=CC=S. The Morgan fingerprint density at radius 3 is 1.94 bits per heavy atom. The van der Waals surface area contributed by atoms with Gasteiger partial charge in [-0.25, -0.2) is 0 Å². The number of carbonyl (C=O) groups is 2. The van der Waals surface area contributed by atoms with Crippen LogP contribution in [0.2, 0.25) is 4.44 Å². The normalized spacial score (nSPS) is 7.65. The van der Waals surface area contributed by atoms with E-state index in [2.05, 4.69) is 43.6 Å². The van der Waals surface area contributed by atoms with Crippen molar-refractivity contribution < 1.29 is 14.3 Å². The van der Waals surface area contributed by atoms with E-state index < -0.39 is 0 Å². The molecule has 0 aromatic rings. The predicted molar refractivity (Wildman–Crippen MR) is 80.2 cm³/mol. The maximum atomic E-state index is 9.01. The van der Waals surface area contributed by atoms with Crippen LogP contribution in [0.3, 0.4) is 0 Å². The van der Waals surface area contributed by atoms with Crippen molar-refractivity contribution in [1.29, 1.82) is 0 Å². The fourth-order valence-corrected chi connectivity index (χ4v) is 1.69. The molecule has 0 atom stereocenters. The molecule has 0 heterocycles. The quantitative estimate of drug-likeness (QED) is 0.222. The van der Waals surface area contributed by atoms with E-state index in [0.717, 1.165) is 28.6 Å². The molecule has 0 spiro atoms. The standard InChI is InChI=1S/C4H10NO.2C2H2OS.C2H5.Sn/c1-3-5-4-6-2;2*3-1-2-4;1-2;/h5H,2-4H2,1H3;2*1-2H;1H2,2H3;. The van der Waals surface area contributed by atoms with E-state index in [0.29, 0.717) is 12.6 Å². The van der Waals surface area contributed by atoms with Gasteiger partial charge in [0.25, 0.3) is 0 Å². The second-order valence-corrected chi connectivity index (χ2v) is 7.06. The molecule has 0 aromatic carbocycles. The van der Waals surface area contributed by atoms with E-state index in [1.807, 2.05) is 0 Å². The minimum atomic E-state index is -0.102. The van der Waals surface area contributed by atoms with Gasteiger partial charge in [0.05, 0.1) is 0 Å². The maximum absolute atomic E-state index is 9.01. The van der Waals surface area contributed by atoms with E-state index in [4.69, 9.17) is 14.3 Å². The van der Waals surface area contributed by atoms with E-state index in [1.54, 1.807) is 0 Å². The number of rotatable bonds is 8. The predicted octanol–water partition coefficient (Wildman–Crippen LogP) is 1.04. The molecule has 0 bridgehead atoms. The fraction of sp³-hybridized carbons (Fsp3) is 0.600. The minimum Gasteiger partial charge on any atom is -0.298 e. The first-order valence-electron chi connectivity index (χ1n) is 5.02. The first-order valence-corrected chi connectivity index (χ1v) is 9.99. The second kappa shape index (κ2) is 29.9. The molecule has 0 aliphatic rings. The van der Waals surface area contributed by atoms with Gasteiger partial charge in [-0.05, 0) is 0 Å². The third-order valence-corrected chi connectivity index (χ3v) is 3.83. The first-order chi connectivity index (χ1) is 8.24. The van der Waals surface area contributed by atoms with Crippen molar-refractivity contribution in [3.63, 3.8) is 0 Å². The summed E-state index contributed by atoms with van der Waals surface area (Å²) in [6.45, 7) is 6.08. The Bertz CT molecular complexity index is 153. The molecule has 2 radical (unpaired) electrons. The maximum Gasteiger partial charge on any atom is 0.153 e. The molecule has 17 heavy (non-hydrogen) atoms. The van der Waals surface area contributed by atoms with E-state index >= 15 is 0 Å². The Balaban J connectivity index is -0.000000205. The largest absolute Gasteiger partial charge is 0.298 e. The Labute approximate surface area is 124 Å². The van der Waals surface area contributed by atoms with Crippen LogP contribution in [0.25, 0.3) is 0 Å². The molecule has 0 saturated heterocycles. The molecule has 1 N–H and O–H groups in total. The summed E-state index contributed by atoms with van der Waals surface area (Å²) in [6.07, 6.45) is 1.13. The summed E-state index contributed by atoms with van der Waals surface area (Å²) < 4.78 is 7.73. The average Bonchev–Trinajstić information content (AvgIpc) is 2.39. The van der Waals surface area contributed by atoms with Gasteiger partial charge in [0.2, 0.25) is 0 Å². The molecule has 7 heteroatoms. The van der Waals surface area contributed by atoms with Crippen molar-refractivity contribution in [3.05, 3.63) is 0 Å². The summed E-state index contributed by atoms with van der Waals surface area (Å²) in [5, 5.41) is 5.17. The molecule has 4 nitrogen and oxygen atoms in total. The van der Waals surface area contributed by atoms with Gasteiger partial charge < -0.3 is 0 Å². The van der Waals surface area contributed by atoms with Crippen molar-refractivity contribution in [2.75, 3.05) is 17.9 Å². The zero-order valence-electron chi connectivity index (χ0n) is 10.2. The second-order valence-electron chi connectivity index (χ2n) is 2.24. The number of ether oxygens (including phenoxy) is 1. The monoisotopic (exact) mass is 385 g/mol. The smallest absolute Gasteiger partial charge is 0.153 e. The number of carbonyl (C=O) groups excluding carboxylic acids is 2. The molecule has 0 aliphatic carbocycles. The summed E-state index contributed by atoms with van der Waals surface area (Å²) in [5.74, 6) is 0. The Kier molecular flexibility index (Phi) is 39.4. The topological polar surface area (TPSA) is 55.4 Å². The van der Waals surface area contributed by atoms with Crippen LogP contribution in [0.4, 0.5) is 0 Å². The summed E-state index contributed by atoms with van der Waals surface area (Å²) in [7, 11) is 0. The Hall–Kier alpha value is 0.239. The number of nitrogens with one attached hydrogen (secondary N) is 1. The van der Waals surface area contributed by atoms with Crippen LogP contribution in [-0.2, 0) is 14.3 Å². The molecule has 0 rings (SSSR count). The number of hydrogen-bond acceptors (Lipinski definition) is 6. The fourth-order valence-electron chi connectivity index (χ4n) is 0.399. The van der Waals surface area contributed by atoms with Crippen LogP contribution in [0.1, 0.15) is 13.8 Å². The Morgan fingerprint density at radius 1 is 1.18 bits per heavy atom. The first kappa shape index (κ1) is 22.4. The van der Waals surface area contributed by atoms with Crippen molar-refractivity contribution in [2.24, 2.45) is 0 Å².